The highest BCUT2D eigenvalue weighted by atomic mass is 35.5. The zero-order chi connectivity index (χ0) is 15.1. The Hall–Kier alpha value is -2.08. The van der Waals surface area contributed by atoms with Crippen molar-refractivity contribution in [3.05, 3.63) is 34.9 Å². The predicted molar refractivity (Wildman–Crippen MR) is 73.6 cm³/mol. The van der Waals surface area contributed by atoms with Gasteiger partial charge in [-0.05, 0) is 31.2 Å². The fourth-order valence-electron chi connectivity index (χ4n) is 1.47. The van der Waals surface area contributed by atoms with Gasteiger partial charge in [-0.2, -0.15) is 0 Å². The summed E-state index contributed by atoms with van der Waals surface area (Å²) in [5.74, 6) is -0.958. The van der Waals surface area contributed by atoms with Gasteiger partial charge in [0.15, 0.2) is 5.78 Å². The van der Waals surface area contributed by atoms with Crippen LogP contribution in [-0.4, -0.2) is 42.4 Å². The van der Waals surface area contributed by atoms with Crippen LogP contribution in [0.25, 0.3) is 0 Å². The van der Waals surface area contributed by atoms with E-state index < -0.39 is 12.0 Å². The Balaban J connectivity index is 2.70. The van der Waals surface area contributed by atoms with Gasteiger partial charge >= 0.3 is 12.0 Å². The number of nitrogens with two attached hydrogens (primary N) is 1. The van der Waals surface area contributed by atoms with E-state index in [1.165, 1.54) is 12.1 Å². The van der Waals surface area contributed by atoms with Crippen molar-refractivity contribution in [2.45, 2.75) is 6.92 Å². The third kappa shape index (κ3) is 4.89. The first kappa shape index (κ1) is 16.0. The third-order valence-electron chi connectivity index (χ3n) is 2.44. The molecule has 0 aliphatic rings. The maximum Gasteiger partial charge on any atom is 0.325 e. The van der Waals surface area contributed by atoms with Gasteiger partial charge in [-0.25, -0.2) is 4.79 Å². The normalized spacial score (nSPS) is 9.90. The maximum absolute atomic E-state index is 12.0. The zero-order valence-corrected chi connectivity index (χ0v) is 11.7. The van der Waals surface area contributed by atoms with Gasteiger partial charge in [0, 0.05) is 10.6 Å². The Labute approximate surface area is 121 Å². The molecule has 2 amide bonds. The standard InChI is InChI=1S/C13H15ClN2O4/c1-2-20-12(18)8-16(13(15)19)7-11(17)9-3-5-10(14)6-4-9/h3-6H,2,7-8H2,1H3,(H2,15,19). The van der Waals surface area contributed by atoms with E-state index in [0.29, 0.717) is 10.6 Å². The van der Waals surface area contributed by atoms with E-state index in [-0.39, 0.29) is 25.5 Å². The molecule has 2 N–H and O–H groups in total. The molecule has 1 rings (SSSR count). The van der Waals surface area contributed by atoms with Gasteiger partial charge in [0.25, 0.3) is 0 Å². The number of Topliss-reactive ketones (excluding diaryl/α,β-unsaturated/α-hetero) is 1. The summed E-state index contributed by atoms with van der Waals surface area (Å²) in [6, 6.07) is 5.34. The summed E-state index contributed by atoms with van der Waals surface area (Å²) in [4.78, 5) is 35.4. The number of carbonyl (C=O) groups excluding carboxylic acids is 3. The number of ether oxygens (including phenoxy) is 1. The molecule has 0 spiro atoms. The fraction of sp³-hybridized carbons (Fsp3) is 0.308. The number of urea groups is 1. The topological polar surface area (TPSA) is 89.7 Å². The van der Waals surface area contributed by atoms with Gasteiger partial charge in [0.1, 0.15) is 6.54 Å². The van der Waals surface area contributed by atoms with Crippen LogP contribution in [0.15, 0.2) is 24.3 Å². The van der Waals surface area contributed by atoms with E-state index in [1.807, 2.05) is 0 Å². The highest BCUT2D eigenvalue weighted by molar-refractivity contribution is 6.30. The average molecular weight is 299 g/mol. The summed E-state index contributed by atoms with van der Waals surface area (Å²) in [7, 11) is 0. The first-order chi connectivity index (χ1) is 9.43. The van der Waals surface area contributed by atoms with E-state index in [2.05, 4.69) is 0 Å². The van der Waals surface area contributed by atoms with Crippen molar-refractivity contribution in [2.75, 3.05) is 19.7 Å². The number of rotatable bonds is 6. The monoisotopic (exact) mass is 298 g/mol. The Morgan fingerprint density at radius 3 is 2.30 bits per heavy atom. The van der Waals surface area contributed by atoms with Gasteiger partial charge in [-0.3, -0.25) is 9.59 Å². The lowest BCUT2D eigenvalue weighted by Crippen LogP contribution is -2.43. The van der Waals surface area contributed by atoms with Crippen LogP contribution in [0.2, 0.25) is 5.02 Å². The van der Waals surface area contributed by atoms with Crippen molar-refractivity contribution >= 4 is 29.4 Å². The molecule has 0 heterocycles. The number of nitrogens with zero attached hydrogens (tertiary/aromatic N) is 1. The van der Waals surface area contributed by atoms with Crippen LogP contribution in [-0.2, 0) is 9.53 Å². The molecule has 6 nitrogen and oxygen atoms in total. The molecule has 0 aliphatic carbocycles. The molecule has 0 fully saturated rings. The highest BCUT2D eigenvalue weighted by Gasteiger charge is 2.19. The minimum Gasteiger partial charge on any atom is -0.465 e. The van der Waals surface area contributed by atoms with Gasteiger partial charge in [0.2, 0.25) is 0 Å². The number of ketones is 1. The Morgan fingerprint density at radius 2 is 1.80 bits per heavy atom. The van der Waals surface area contributed by atoms with E-state index >= 15 is 0 Å². The molecule has 108 valence electrons. The SMILES string of the molecule is CCOC(=O)CN(CC(=O)c1ccc(Cl)cc1)C(N)=O. The van der Waals surface area contributed by atoms with Crippen LogP contribution in [0.1, 0.15) is 17.3 Å². The Bertz CT molecular complexity index is 502. The molecular weight excluding hydrogens is 284 g/mol. The molecule has 1 aromatic rings. The number of halogens is 1. The van der Waals surface area contributed by atoms with Crippen LogP contribution >= 0.6 is 11.6 Å². The first-order valence-corrected chi connectivity index (χ1v) is 6.30. The summed E-state index contributed by atoms with van der Waals surface area (Å²) in [6.45, 7) is 1.18. The summed E-state index contributed by atoms with van der Waals surface area (Å²) < 4.78 is 4.71. The quantitative estimate of drug-likeness (QED) is 0.636. The van der Waals surface area contributed by atoms with Gasteiger partial charge in [-0.1, -0.05) is 11.6 Å². The van der Waals surface area contributed by atoms with Crippen molar-refractivity contribution in [1.82, 2.24) is 4.90 Å². The zero-order valence-electron chi connectivity index (χ0n) is 11.0. The van der Waals surface area contributed by atoms with E-state index in [0.717, 1.165) is 4.90 Å². The second-order valence-electron chi connectivity index (χ2n) is 3.93. The molecule has 0 aliphatic heterocycles. The van der Waals surface area contributed by atoms with Crippen molar-refractivity contribution in [2.24, 2.45) is 5.73 Å². The molecule has 0 saturated carbocycles. The van der Waals surface area contributed by atoms with Gasteiger partial charge in [0.05, 0.1) is 13.2 Å². The van der Waals surface area contributed by atoms with Gasteiger partial charge in [-0.15, -0.1) is 0 Å². The molecular formula is C13H15ClN2O4. The van der Waals surface area contributed by atoms with E-state index in [4.69, 9.17) is 22.1 Å². The summed E-state index contributed by atoms with van der Waals surface area (Å²) in [5, 5.41) is 0.500. The molecule has 7 heteroatoms. The Kier molecular flexibility index (Phi) is 5.99. The number of esters is 1. The largest absolute Gasteiger partial charge is 0.465 e. The maximum atomic E-state index is 12.0. The lowest BCUT2D eigenvalue weighted by Gasteiger charge is -2.18. The van der Waals surface area contributed by atoms with Crippen LogP contribution in [0.4, 0.5) is 4.79 Å². The molecule has 0 atom stereocenters. The molecule has 0 saturated heterocycles. The lowest BCUT2D eigenvalue weighted by molar-refractivity contribution is -0.143. The van der Waals surface area contributed by atoms with E-state index in [9.17, 15) is 14.4 Å². The van der Waals surface area contributed by atoms with E-state index in [1.54, 1.807) is 19.1 Å². The van der Waals surface area contributed by atoms with Crippen molar-refractivity contribution < 1.29 is 19.1 Å². The second kappa shape index (κ2) is 7.49. The molecule has 20 heavy (non-hydrogen) atoms. The number of carbonyl (C=O) groups is 3. The number of benzene rings is 1. The molecule has 0 bridgehead atoms. The predicted octanol–water partition coefficient (Wildman–Crippen LogP) is 1.47. The number of hydrogen-bond acceptors (Lipinski definition) is 4. The lowest BCUT2D eigenvalue weighted by atomic mass is 10.1. The third-order valence-corrected chi connectivity index (χ3v) is 2.69. The second-order valence-corrected chi connectivity index (χ2v) is 4.37. The molecule has 0 aromatic heterocycles. The minimum absolute atomic E-state index is 0.191. The highest BCUT2D eigenvalue weighted by Crippen LogP contribution is 2.10. The summed E-state index contributed by atoms with van der Waals surface area (Å²) >= 11 is 5.72. The van der Waals surface area contributed by atoms with Crippen LogP contribution < -0.4 is 5.73 Å². The van der Waals surface area contributed by atoms with Crippen LogP contribution in [0.3, 0.4) is 0 Å². The Morgan fingerprint density at radius 1 is 1.20 bits per heavy atom. The van der Waals surface area contributed by atoms with Crippen LogP contribution in [0.5, 0.6) is 0 Å². The smallest absolute Gasteiger partial charge is 0.325 e. The van der Waals surface area contributed by atoms with Gasteiger partial charge < -0.3 is 15.4 Å². The van der Waals surface area contributed by atoms with Crippen molar-refractivity contribution in [3.63, 3.8) is 0 Å². The average Bonchev–Trinajstić information content (AvgIpc) is 2.38. The van der Waals surface area contributed by atoms with Crippen LogP contribution in [0, 0.1) is 0 Å². The van der Waals surface area contributed by atoms with Crippen molar-refractivity contribution in [1.29, 1.82) is 0 Å². The summed E-state index contributed by atoms with van der Waals surface area (Å²) in [6.07, 6.45) is 0. The molecule has 0 unspecified atom stereocenters. The number of primary amides is 1. The molecule has 0 radical (unpaired) electrons. The first-order valence-electron chi connectivity index (χ1n) is 5.92. The minimum atomic E-state index is -0.861. The summed E-state index contributed by atoms with van der Waals surface area (Å²) in [5.41, 5.74) is 5.52. The molecule has 1 aromatic carbocycles. The fourth-order valence-corrected chi connectivity index (χ4v) is 1.60. The number of hydrogen-bond donors (Lipinski definition) is 1. The number of amides is 2. The van der Waals surface area contributed by atoms with Crippen molar-refractivity contribution in [3.8, 4) is 0 Å².